The van der Waals surface area contributed by atoms with Gasteiger partial charge in [-0.1, -0.05) is 12.1 Å². The third kappa shape index (κ3) is 1.74. The minimum atomic E-state index is -0.609. The molecule has 0 bridgehead atoms. The first-order valence-electron chi connectivity index (χ1n) is 7.42. The largest absolute Gasteiger partial charge is 0.465 e. The van der Waals surface area contributed by atoms with E-state index in [2.05, 4.69) is 17.5 Å². The van der Waals surface area contributed by atoms with Gasteiger partial charge in [-0.15, -0.1) is 0 Å². The highest BCUT2D eigenvalue weighted by Gasteiger charge is 2.41. The lowest BCUT2D eigenvalue weighted by Gasteiger charge is -2.30. The van der Waals surface area contributed by atoms with E-state index in [4.69, 9.17) is 10.2 Å². The zero-order valence-electron chi connectivity index (χ0n) is 12.9. The Morgan fingerprint density at radius 3 is 2.54 bits per heavy atom. The van der Waals surface area contributed by atoms with Gasteiger partial charge in [-0.05, 0) is 31.2 Å². The van der Waals surface area contributed by atoms with Crippen molar-refractivity contribution in [3.05, 3.63) is 70.7 Å². The summed E-state index contributed by atoms with van der Waals surface area (Å²) in [6.07, 6.45) is 0. The van der Waals surface area contributed by atoms with Gasteiger partial charge in [0.2, 0.25) is 0 Å². The van der Waals surface area contributed by atoms with E-state index in [1.807, 2.05) is 37.3 Å². The predicted octanol–water partition coefficient (Wildman–Crippen LogP) is 3.05. The van der Waals surface area contributed by atoms with Crippen molar-refractivity contribution in [1.82, 2.24) is 0 Å². The summed E-state index contributed by atoms with van der Waals surface area (Å²) in [5.41, 5.74) is 8.68. The van der Waals surface area contributed by atoms with Crippen LogP contribution in [0.1, 0.15) is 17.4 Å². The number of rotatable bonds is 1. The minimum absolute atomic E-state index is 0.308. The van der Waals surface area contributed by atoms with Gasteiger partial charge in [0.1, 0.15) is 23.2 Å². The molecule has 0 fully saturated rings. The van der Waals surface area contributed by atoms with Crippen molar-refractivity contribution in [3.63, 3.8) is 0 Å². The molecule has 0 saturated carbocycles. The summed E-state index contributed by atoms with van der Waals surface area (Å²) in [5.74, 6) is 1.53. The molecule has 3 N–H and O–H groups in total. The van der Waals surface area contributed by atoms with Crippen LogP contribution < -0.4 is 16.0 Å². The van der Waals surface area contributed by atoms with Gasteiger partial charge in [-0.2, -0.15) is 10.5 Å². The van der Waals surface area contributed by atoms with E-state index in [0.717, 1.165) is 11.4 Å². The number of nitriles is 2. The number of furan rings is 1. The van der Waals surface area contributed by atoms with Crippen molar-refractivity contribution >= 4 is 11.4 Å². The van der Waals surface area contributed by atoms with Crippen molar-refractivity contribution < 1.29 is 4.42 Å². The Morgan fingerprint density at radius 2 is 1.88 bits per heavy atom. The fourth-order valence-electron chi connectivity index (χ4n) is 3.20. The SMILES string of the molecule is Cc1ccc([C@H]2C(C#N)=C(N)N3C(=C2C#N)Nc2ccccc23)o1. The summed E-state index contributed by atoms with van der Waals surface area (Å²) in [4.78, 5) is 1.72. The molecule has 2 aliphatic heterocycles. The van der Waals surface area contributed by atoms with Crippen LogP contribution in [0.15, 0.2) is 63.6 Å². The highest BCUT2D eigenvalue weighted by atomic mass is 16.3. The number of aryl methyl sites for hydroxylation is 1. The molecule has 24 heavy (non-hydrogen) atoms. The van der Waals surface area contributed by atoms with Crippen LogP contribution in [0.5, 0.6) is 0 Å². The molecule has 3 heterocycles. The molecule has 0 amide bonds. The summed E-state index contributed by atoms with van der Waals surface area (Å²) >= 11 is 0. The lowest BCUT2D eigenvalue weighted by Crippen LogP contribution is -2.34. The molecule has 0 radical (unpaired) electrons. The number of hydrogen-bond acceptors (Lipinski definition) is 6. The van der Waals surface area contributed by atoms with Crippen molar-refractivity contribution in [1.29, 1.82) is 10.5 Å². The van der Waals surface area contributed by atoms with Crippen LogP contribution in [0.3, 0.4) is 0 Å². The lowest BCUT2D eigenvalue weighted by atomic mass is 9.87. The van der Waals surface area contributed by atoms with E-state index in [1.54, 1.807) is 11.0 Å². The van der Waals surface area contributed by atoms with Crippen LogP contribution in [0, 0.1) is 29.6 Å². The van der Waals surface area contributed by atoms with Crippen LogP contribution >= 0.6 is 0 Å². The lowest BCUT2D eigenvalue weighted by molar-refractivity contribution is 0.475. The maximum atomic E-state index is 9.77. The van der Waals surface area contributed by atoms with Crippen LogP contribution in [0.25, 0.3) is 0 Å². The molecule has 2 aliphatic rings. The van der Waals surface area contributed by atoms with Crippen LogP contribution in [0.4, 0.5) is 11.4 Å². The molecule has 6 nitrogen and oxygen atoms in total. The number of para-hydroxylation sites is 2. The number of nitrogens with two attached hydrogens (primary N) is 1. The van der Waals surface area contributed by atoms with Crippen molar-refractivity contribution in [2.45, 2.75) is 12.8 Å². The average molecular weight is 315 g/mol. The first-order chi connectivity index (χ1) is 11.7. The van der Waals surface area contributed by atoms with Gasteiger partial charge in [0.25, 0.3) is 0 Å². The molecule has 1 aromatic carbocycles. The third-order valence-corrected chi connectivity index (χ3v) is 4.26. The van der Waals surface area contributed by atoms with Crippen molar-refractivity contribution in [3.8, 4) is 12.1 Å². The Balaban J connectivity index is 1.98. The van der Waals surface area contributed by atoms with Gasteiger partial charge in [0, 0.05) is 0 Å². The first-order valence-corrected chi connectivity index (χ1v) is 7.42. The maximum absolute atomic E-state index is 9.77. The second kappa shape index (κ2) is 4.94. The van der Waals surface area contributed by atoms with Gasteiger partial charge in [0.05, 0.1) is 40.6 Å². The normalized spacial score (nSPS) is 18.6. The number of nitrogens with one attached hydrogen (secondary N) is 1. The molecule has 116 valence electrons. The molecule has 4 rings (SSSR count). The number of hydrogen-bond donors (Lipinski definition) is 2. The highest BCUT2D eigenvalue weighted by Crippen LogP contribution is 2.47. The van der Waals surface area contributed by atoms with E-state index in [-0.39, 0.29) is 0 Å². The van der Waals surface area contributed by atoms with Crippen molar-refractivity contribution in [2.24, 2.45) is 5.73 Å². The van der Waals surface area contributed by atoms with Crippen LogP contribution in [-0.2, 0) is 0 Å². The molecule has 1 aromatic heterocycles. The van der Waals surface area contributed by atoms with Gasteiger partial charge in [0.15, 0.2) is 0 Å². The number of benzene rings is 1. The number of nitrogens with zero attached hydrogens (tertiary/aromatic N) is 3. The molecule has 1 atom stereocenters. The molecule has 0 spiro atoms. The van der Waals surface area contributed by atoms with E-state index < -0.39 is 5.92 Å². The van der Waals surface area contributed by atoms with E-state index >= 15 is 0 Å². The second-order valence-corrected chi connectivity index (χ2v) is 5.64. The molecular formula is C18H13N5O. The first kappa shape index (κ1) is 14.0. The summed E-state index contributed by atoms with van der Waals surface area (Å²) in [6, 6.07) is 15.6. The average Bonchev–Trinajstić information content (AvgIpc) is 3.18. The smallest absolute Gasteiger partial charge is 0.131 e. The molecule has 0 saturated heterocycles. The van der Waals surface area contributed by atoms with Crippen LogP contribution in [0.2, 0.25) is 0 Å². The molecule has 0 aliphatic carbocycles. The summed E-state index contributed by atoms with van der Waals surface area (Å²) in [5, 5.41) is 22.7. The topological polar surface area (TPSA) is 102 Å². The Bertz CT molecular complexity index is 999. The quantitative estimate of drug-likeness (QED) is 0.838. The zero-order valence-corrected chi connectivity index (χ0v) is 12.9. The second-order valence-electron chi connectivity index (χ2n) is 5.64. The fourth-order valence-corrected chi connectivity index (χ4v) is 3.20. The van der Waals surface area contributed by atoms with Gasteiger partial charge < -0.3 is 15.5 Å². The Kier molecular flexibility index (Phi) is 2.88. The third-order valence-electron chi connectivity index (χ3n) is 4.26. The monoisotopic (exact) mass is 315 g/mol. The van der Waals surface area contributed by atoms with Gasteiger partial charge >= 0.3 is 0 Å². The minimum Gasteiger partial charge on any atom is -0.465 e. The Labute approximate surface area is 138 Å². The molecule has 2 aromatic rings. The summed E-state index contributed by atoms with van der Waals surface area (Å²) in [6.45, 7) is 1.82. The fraction of sp³-hybridized carbons (Fsp3) is 0.111. The predicted molar refractivity (Wildman–Crippen MR) is 88.2 cm³/mol. The molecule has 0 unspecified atom stereocenters. The van der Waals surface area contributed by atoms with Crippen LogP contribution in [-0.4, -0.2) is 0 Å². The van der Waals surface area contributed by atoms with Gasteiger partial charge in [-0.3, -0.25) is 4.90 Å². The zero-order chi connectivity index (χ0) is 16.8. The molecular weight excluding hydrogens is 302 g/mol. The highest BCUT2D eigenvalue weighted by molar-refractivity contribution is 5.86. The molecule has 6 heteroatoms. The summed E-state index contributed by atoms with van der Waals surface area (Å²) in [7, 11) is 0. The number of fused-ring (bicyclic) bond motifs is 3. The van der Waals surface area contributed by atoms with E-state index in [1.165, 1.54) is 0 Å². The number of allylic oxidation sites excluding steroid dienone is 2. The summed E-state index contributed by atoms with van der Waals surface area (Å²) < 4.78 is 5.69. The Hall–Kier alpha value is -3.64. The van der Waals surface area contributed by atoms with E-state index in [9.17, 15) is 10.5 Å². The Morgan fingerprint density at radius 1 is 1.12 bits per heavy atom. The standard InChI is InChI=1S/C18H13N5O/c1-10-6-7-15(24-10)16-11(8-19)17(21)23-14-5-3-2-4-13(14)22-18(23)12(16)9-20/h2-7,16,22H,21H2,1H3/t16-/m0/s1. The maximum Gasteiger partial charge on any atom is 0.131 e. The van der Waals surface area contributed by atoms with E-state index in [0.29, 0.717) is 34.3 Å². The van der Waals surface area contributed by atoms with Crippen molar-refractivity contribution in [2.75, 3.05) is 10.2 Å². The van der Waals surface area contributed by atoms with Gasteiger partial charge in [-0.25, -0.2) is 0 Å². The number of anilines is 2.